The van der Waals surface area contributed by atoms with Crippen LogP contribution in [0.3, 0.4) is 0 Å². The molecule has 1 atom stereocenters. The first-order valence-electron chi connectivity index (χ1n) is 6.00. The molecule has 6 nitrogen and oxygen atoms in total. The van der Waals surface area contributed by atoms with E-state index in [4.69, 9.17) is 0 Å². The number of carbonyl (C=O) groups is 3. The summed E-state index contributed by atoms with van der Waals surface area (Å²) in [6, 6.07) is 0. The van der Waals surface area contributed by atoms with Crippen molar-refractivity contribution in [3.05, 3.63) is 0 Å². The van der Waals surface area contributed by atoms with E-state index in [9.17, 15) is 14.4 Å². The molecule has 0 aromatic rings. The van der Waals surface area contributed by atoms with Crippen molar-refractivity contribution < 1.29 is 14.4 Å². The fourth-order valence-electron chi connectivity index (χ4n) is 1.81. The number of rotatable bonds is 4. The lowest BCUT2D eigenvalue weighted by Gasteiger charge is -2.30. The van der Waals surface area contributed by atoms with E-state index in [2.05, 4.69) is 4.99 Å². The second-order valence-corrected chi connectivity index (χ2v) is 4.54. The van der Waals surface area contributed by atoms with Gasteiger partial charge in [-0.1, -0.05) is 13.3 Å². The van der Waals surface area contributed by atoms with Crippen molar-refractivity contribution in [2.45, 2.75) is 26.2 Å². The van der Waals surface area contributed by atoms with E-state index in [1.54, 1.807) is 19.0 Å². The summed E-state index contributed by atoms with van der Waals surface area (Å²) in [6.45, 7) is 1.95. The predicted octanol–water partition coefficient (Wildman–Crippen LogP) is 0.278. The monoisotopic (exact) mass is 253 g/mol. The van der Waals surface area contributed by atoms with Gasteiger partial charge in [-0.3, -0.25) is 19.3 Å². The third-order valence-corrected chi connectivity index (χ3v) is 2.83. The van der Waals surface area contributed by atoms with Gasteiger partial charge in [0, 0.05) is 27.6 Å². The third-order valence-electron chi connectivity index (χ3n) is 2.83. The van der Waals surface area contributed by atoms with E-state index in [-0.39, 0.29) is 18.2 Å². The second-order valence-electron chi connectivity index (χ2n) is 4.54. The van der Waals surface area contributed by atoms with Gasteiger partial charge in [-0.15, -0.1) is 0 Å². The van der Waals surface area contributed by atoms with Crippen LogP contribution >= 0.6 is 0 Å². The van der Waals surface area contributed by atoms with Crippen molar-refractivity contribution in [3.63, 3.8) is 0 Å². The van der Waals surface area contributed by atoms with Crippen LogP contribution in [-0.2, 0) is 14.4 Å². The maximum absolute atomic E-state index is 12.0. The highest BCUT2D eigenvalue weighted by Crippen LogP contribution is 2.16. The first-order valence-corrected chi connectivity index (χ1v) is 6.00. The Labute approximate surface area is 107 Å². The minimum absolute atomic E-state index is 0.249. The molecule has 1 rings (SSSR count). The van der Waals surface area contributed by atoms with Gasteiger partial charge in [0.15, 0.2) is 11.7 Å². The van der Waals surface area contributed by atoms with Crippen molar-refractivity contribution in [3.8, 4) is 0 Å². The molecule has 1 aliphatic heterocycles. The molecule has 100 valence electrons. The number of hydrogen-bond acceptors (Lipinski definition) is 4. The normalized spacial score (nSPS) is 19.9. The molecule has 0 aromatic carbocycles. The summed E-state index contributed by atoms with van der Waals surface area (Å²) in [5.41, 5.74) is 0. The first kappa shape index (κ1) is 14.3. The maximum Gasteiger partial charge on any atom is 0.269 e. The second kappa shape index (κ2) is 5.75. The number of nitrogens with zero attached hydrogens (tertiary/aromatic N) is 3. The number of guanidine groups is 1. The summed E-state index contributed by atoms with van der Waals surface area (Å²) in [6.07, 6.45) is 1.78. The van der Waals surface area contributed by atoms with E-state index >= 15 is 0 Å². The molecule has 0 fully saturated rings. The number of Topliss-reactive ketones (excluding diaryl/α,β-unsaturated/α-hetero) is 1. The van der Waals surface area contributed by atoms with Crippen molar-refractivity contribution in [1.29, 1.82) is 0 Å². The van der Waals surface area contributed by atoms with Crippen molar-refractivity contribution in [2.24, 2.45) is 10.9 Å². The Hall–Kier alpha value is -1.72. The smallest absolute Gasteiger partial charge is 0.269 e. The van der Waals surface area contributed by atoms with Gasteiger partial charge in [-0.05, 0) is 6.42 Å². The van der Waals surface area contributed by atoms with Crippen LogP contribution in [0.5, 0.6) is 0 Å². The number of aliphatic imine (C=N–C) groups is 1. The zero-order chi connectivity index (χ0) is 13.9. The summed E-state index contributed by atoms with van der Waals surface area (Å²) < 4.78 is 0. The van der Waals surface area contributed by atoms with Gasteiger partial charge in [-0.2, -0.15) is 4.99 Å². The van der Waals surface area contributed by atoms with Crippen LogP contribution in [0.1, 0.15) is 26.2 Å². The maximum atomic E-state index is 12.0. The SMILES string of the molecule is CCCCC(=O)C1C(=O)N=C(N(C)C)N(C)C1=O. The van der Waals surface area contributed by atoms with Crippen LogP contribution in [0.25, 0.3) is 0 Å². The van der Waals surface area contributed by atoms with Gasteiger partial charge >= 0.3 is 0 Å². The van der Waals surface area contributed by atoms with Crippen LogP contribution < -0.4 is 0 Å². The van der Waals surface area contributed by atoms with E-state index in [0.29, 0.717) is 6.42 Å². The quantitative estimate of drug-likeness (QED) is 0.675. The number of amides is 2. The summed E-state index contributed by atoms with van der Waals surface area (Å²) in [4.78, 5) is 42.3. The van der Waals surface area contributed by atoms with Crippen LogP contribution in [0.2, 0.25) is 0 Å². The Balaban J connectivity index is 2.94. The zero-order valence-electron chi connectivity index (χ0n) is 11.3. The molecule has 0 N–H and O–H groups in total. The summed E-state index contributed by atoms with van der Waals surface area (Å²) in [5, 5.41) is 0. The molecule has 1 heterocycles. The van der Waals surface area contributed by atoms with Crippen LogP contribution in [0.4, 0.5) is 0 Å². The Bertz CT molecular complexity index is 401. The minimum atomic E-state index is -1.25. The lowest BCUT2D eigenvalue weighted by atomic mass is 9.96. The largest absolute Gasteiger partial charge is 0.348 e. The van der Waals surface area contributed by atoms with Crippen LogP contribution in [-0.4, -0.2) is 54.5 Å². The standard InChI is InChI=1S/C12H19N3O3/c1-5-6-7-8(16)9-10(17)13-12(14(2)3)15(4)11(9)18/h9H,5-7H2,1-4H3. The fourth-order valence-corrected chi connectivity index (χ4v) is 1.81. The van der Waals surface area contributed by atoms with Gasteiger partial charge in [0.2, 0.25) is 11.9 Å². The molecule has 0 spiro atoms. The van der Waals surface area contributed by atoms with Gasteiger partial charge in [-0.25, -0.2) is 0 Å². The molecule has 0 saturated heterocycles. The Kier molecular flexibility index (Phi) is 4.58. The molecule has 0 saturated carbocycles. The number of carbonyl (C=O) groups excluding carboxylic acids is 3. The average molecular weight is 253 g/mol. The summed E-state index contributed by atoms with van der Waals surface area (Å²) >= 11 is 0. The molecule has 0 aromatic heterocycles. The molecule has 0 radical (unpaired) electrons. The van der Waals surface area contributed by atoms with Gasteiger partial charge in [0.25, 0.3) is 5.91 Å². The third kappa shape index (κ3) is 2.75. The number of ketones is 1. The van der Waals surface area contributed by atoms with Crippen molar-refractivity contribution >= 4 is 23.6 Å². The Morgan fingerprint density at radius 3 is 2.50 bits per heavy atom. The lowest BCUT2D eigenvalue weighted by molar-refractivity contribution is -0.144. The molecule has 0 aliphatic carbocycles. The molecule has 18 heavy (non-hydrogen) atoms. The molecule has 0 bridgehead atoms. The van der Waals surface area contributed by atoms with Gasteiger partial charge in [0.05, 0.1) is 0 Å². The highest BCUT2D eigenvalue weighted by atomic mass is 16.2. The molecular formula is C12H19N3O3. The van der Waals surface area contributed by atoms with Gasteiger partial charge < -0.3 is 4.90 Å². The summed E-state index contributed by atoms with van der Waals surface area (Å²) in [7, 11) is 4.90. The fraction of sp³-hybridized carbons (Fsp3) is 0.667. The molecule has 6 heteroatoms. The average Bonchev–Trinajstić information content (AvgIpc) is 2.30. The number of unbranched alkanes of at least 4 members (excludes halogenated alkanes) is 1. The van der Waals surface area contributed by atoms with Crippen molar-refractivity contribution in [1.82, 2.24) is 9.80 Å². The minimum Gasteiger partial charge on any atom is -0.348 e. The van der Waals surface area contributed by atoms with Gasteiger partial charge in [0.1, 0.15) is 0 Å². The topological polar surface area (TPSA) is 70.1 Å². The zero-order valence-corrected chi connectivity index (χ0v) is 11.3. The lowest BCUT2D eigenvalue weighted by Crippen LogP contribution is -2.52. The van der Waals surface area contributed by atoms with E-state index < -0.39 is 17.7 Å². The van der Waals surface area contributed by atoms with E-state index in [1.165, 1.54) is 11.9 Å². The Morgan fingerprint density at radius 2 is 2.00 bits per heavy atom. The molecule has 2 amide bonds. The van der Waals surface area contributed by atoms with E-state index in [0.717, 1.165) is 6.42 Å². The molecule has 1 unspecified atom stereocenters. The predicted molar refractivity (Wildman–Crippen MR) is 66.9 cm³/mol. The van der Waals surface area contributed by atoms with E-state index in [1.807, 2.05) is 6.92 Å². The highest BCUT2D eigenvalue weighted by molar-refractivity contribution is 6.25. The molecular weight excluding hydrogens is 234 g/mol. The van der Waals surface area contributed by atoms with Crippen LogP contribution in [0.15, 0.2) is 4.99 Å². The van der Waals surface area contributed by atoms with Crippen LogP contribution in [0, 0.1) is 5.92 Å². The molecule has 1 aliphatic rings. The summed E-state index contributed by atoms with van der Waals surface area (Å²) in [5.74, 6) is -2.45. The first-order chi connectivity index (χ1) is 8.40. The van der Waals surface area contributed by atoms with Crippen molar-refractivity contribution in [2.75, 3.05) is 21.1 Å². The Morgan fingerprint density at radius 1 is 1.39 bits per heavy atom. The number of hydrogen-bond donors (Lipinski definition) is 0. The highest BCUT2D eigenvalue weighted by Gasteiger charge is 2.40.